The lowest BCUT2D eigenvalue weighted by molar-refractivity contribution is 0.299. The topological polar surface area (TPSA) is 18.5 Å². The predicted molar refractivity (Wildman–Crippen MR) is 68.7 cm³/mol. The highest BCUT2D eigenvalue weighted by Crippen LogP contribution is 2.20. The summed E-state index contributed by atoms with van der Waals surface area (Å²) in [5.74, 6) is 0.744. The van der Waals surface area contributed by atoms with Gasteiger partial charge in [-0.2, -0.15) is 0 Å². The quantitative estimate of drug-likeness (QED) is 0.831. The summed E-state index contributed by atoms with van der Waals surface area (Å²) >= 11 is 5.83. The van der Waals surface area contributed by atoms with E-state index in [2.05, 4.69) is 0 Å². The molecule has 0 bridgehead atoms. The molecule has 0 aliphatic carbocycles. The standard InChI is InChI=1S/C14H12ClFO2/c1-17-12-6-5-10(14(16)8-12)9-18-13-4-2-3-11(15)7-13/h2-8H,9H2,1H3. The van der Waals surface area contributed by atoms with E-state index in [1.54, 1.807) is 36.4 Å². The zero-order chi connectivity index (χ0) is 13.0. The van der Waals surface area contributed by atoms with Crippen LogP contribution in [-0.2, 0) is 6.61 Å². The Kier molecular flexibility index (Phi) is 4.05. The Hall–Kier alpha value is -1.74. The van der Waals surface area contributed by atoms with E-state index in [-0.39, 0.29) is 12.4 Å². The van der Waals surface area contributed by atoms with Gasteiger partial charge in [-0.3, -0.25) is 0 Å². The molecule has 0 spiro atoms. The predicted octanol–water partition coefficient (Wildman–Crippen LogP) is 4.07. The van der Waals surface area contributed by atoms with Crippen LogP contribution in [0.3, 0.4) is 0 Å². The number of halogens is 2. The Bertz CT molecular complexity index is 543. The Balaban J connectivity index is 2.06. The average Bonchev–Trinajstić information content (AvgIpc) is 2.37. The van der Waals surface area contributed by atoms with E-state index in [1.807, 2.05) is 0 Å². The third-order valence-corrected chi connectivity index (χ3v) is 2.69. The molecule has 18 heavy (non-hydrogen) atoms. The summed E-state index contributed by atoms with van der Waals surface area (Å²) in [7, 11) is 1.50. The largest absolute Gasteiger partial charge is 0.497 e. The molecule has 0 saturated heterocycles. The maximum Gasteiger partial charge on any atom is 0.133 e. The molecule has 2 aromatic carbocycles. The van der Waals surface area contributed by atoms with Crippen LogP contribution in [0, 0.1) is 5.82 Å². The number of hydrogen-bond acceptors (Lipinski definition) is 2. The van der Waals surface area contributed by atoms with Crippen LogP contribution in [0.4, 0.5) is 4.39 Å². The van der Waals surface area contributed by atoms with Crippen LogP contribution < -0.4 is 9.47 Å². The second-order valence-corrected chi connectivity index (χ2v) is 4.14. The van der Waals surface area contributed by atoms with Crippen molar-refractivity contribution in [3.63, 3.8) is 0 Å². The molecule has 0 aliphatic rings. The molecule has 0 amide bonds. The normalized spacial score (nSPS) is 10.2. The number of hydrogen-bond donors (Lipinski definition) is 0. The van der Waals surface area contributed by atoms with Gasteiger partial charge < -0.3 is 9.47 Å². The third-order valence-electron chi connectivity index (χ3n) is 2.45. The van der Waals surface area contributed by atoms with E-state index >= 15 is 0 Å². The maximum atomic E-state index is 13.6. The van der Waals surface area contributed by atoms with E-state index in [4.69, 9.17) is 21.1 Å². The molecule has 0 saturated carbocycles. The zero-order valence-electron chi connectivity index (χ0n) is 9.82. The molecule has 0 radical (unpaired) electrons. The first kappa shape index (κ1) is 12.7. The lowest BCUT2D eigenvalue weighted by atomic mass is 10.2. The molecule has 0 N–H and O–H groups in total. The van der Waals surface area contributed by atoms with Crippen LogP contribution in [-0.4, -0.2) is 7.11 Å². The number of methoxy groups -OCH3 is 1. The first-order chi connectivity index (χ1) is 8.69. The van der Waals surface area contributed by atoms with Gasteiger partial charge in [-0.25, -0.2) is 4.39 Å². The van der Waals surface area contributed by atoms with Crippen LogP contribution in [0.2, 0.25) is 5.02 Å². The highest BCUT2D eigenvalue weighted by atomic mass is 35.5. The molecule has 0 atom stereocenters. The van der Waals surface area contributed by atoms with Gasteiger partial charge in [0.15, 0.2) is 0 Å². The van der Waals surface area contributed by atoms with Crippen molar-refractivity contribution >= 4 is 11.6 Å². The molecule has 0 aliphatic heterocycles. The Labute approximate surface area is 110 Å². The molecular weight excluding hydrogens is 255 g/mol. The fourth-order valence-corrected chi connectivity index (χ4v) is 1.67. The minimum atomic E-state index is -0.351. The molecule has 4 heteroatoms. The SMILES string of the molecule is COc1ccc(COc2cccc(Cl)c2)c(F)c1. The average molecular weight is 267 g/mol. The van der Waals surface area contributed by atoms with Crippen LogP contribution >= 0.6 is 11.6 Å². The highest BCUT2D eigenvalue weighted by Gasteiger charge is 2.05. The van der Waals surface area contributed by atoms with Crippen LogP contribution in [0.25, 0.3) is 0 Å². The van der Waals surface area contributed by atoms with Crippen molar-refractivity contribution < 1.29 is 13.9 Å². The van der Waals surface area contributed by atoms with Gasteiger partial charge in [0.2, 0.25) is 0 Å². The summed E-state index contributed by atoms with van der Waals surface area (Å²) in [6, 6.07) is 11.6. The third kappa shape index (κ3) is 3.14. The lowest BCUT2D eigenvalue weighted by Gasteiger charge is -2.08. The summed E-state index contributed by atoms with van der Waals surface area (Å²) < 4.78 is 24.0. The lowest BCUT2D eigenvalue weighted by Crippen LogP contribution is -1.99. The van der Waals surface area contributed by atoms with Crippen molar-refractivity contribution in [2.45, 2.75) is 6.61 Å². The molecule has 0 aromatic heterocycles. The van der Waals surface area contributed by atoms with Gasteiger partial charge in [-0.1, -0.05) is 17.7 Å². The summed E-state index contributed by atoms with van der Waals surface area (Å²) in [6.07, 6.45) is 0. The maximum absolute atomic E-state index is 13.6. The monoisotopic (exact) mass is 266 g/mol. The van der Waals surface area contributed by atoms with Gasteiger partial charge in [0.25, 0.3) is 0 Å². The van der Waals surface area contributed by atoms with Gasteiger partial charge in [-0.05, 0) is 30.3 Å². The van der Waals surface area contributed by atoms with Gasteiger partial charge >= 0.3 is 0 Å². The minimum absolute atomic E-state index is 0.149. The Morgan fingerprint density at radius 3 is 2.61 bits per heavy atom. The Morgan fingerprint density at radius 1 is 1.11 bits per heavy atom. The number of ether oxygens (including phenoxy) is 2. The Morgan fingerprint density at radius 2 is 1.94 bits per heavy atom. The molecule has 0 unspecified atom stereocenters. The van der Waals surface area contributed by atoms with Crippen LogP contribution in [0.1, 0.15) is 5.56 Å². The molecule has 2 rings (SSSR count). The van der Waals surface area contributed by atoms with E-state index in [9.17, 15) is 4.39 Å². The van der Waals surface area contributed by atoms with E-state index < -0.39 is 0 Å². The van der Waals surface area contributed by atoms with E-state index in [0.717, 1.165) is 0 Å². The molecule has 0 heterocycles. The van der Waals surface area contributed by atoms with Crippen molar-refractivity contribution in [2.24, 2.45) is 0 Å². The van der Waals surface area contributed by atoms with E-state index in [0.29, 0.717) is 22.1 Å². The van der Waals surface area contributed by atoms with E-state index in [1.165, 1.54) is 13.2 Å². The first-order valence-corrected chi connectivity index (χ1v) is 5.77. The molecular formula is C14H12ClFO2. The highest BCUT2D eigenvalue weighted by molar-refractivity contribution is 6.30. The van der Waals surface area contributed by atoms with Crippen molar-refractivity contribution in [2.75, 3.05) is 7.11 Å². The second kappa shape index (κ2) is 5.74. The summed E-state index contributed by atoms with van der Waals surface area (Å²) in [5.41, 5.74) is 0.468. The first-order valence-electron chi connectivity index (χ1n) is 5.40. The smallest absolute Gasteiger partial charge is 0.133 e. The minimum Gasteiger partial charge on any atom is -0.497 e. The fourth-order valence-electron chi connectivity index (χ4n) is 1.49. The molecule has 2 aromatic rings. The number of rotatable bonds is 4. The molecule has 94 valence electrons. The molecule has 0 fully saturated rings. The summed E-state index contributed by atoms with van der Waals surface area (Å²) in [4.78, 5) is 0. The van der Waals surface area contributed by atoms with Crippen molar-refractivity contribution in [1.29, 1.82) is 0 Å². The molecule has 2 nitrogen and oxygen atoms in total. The van der Waals surface area contributed by atoms with Crippen molar-refractivity contribution in [3.8, 4) is 11.5 Å². The number of benzene rings is 2. The van der Waals surface area contributed by atoms with Gasteiger partial charge in [-0.15, -0.1) is 0 Å². The van der Waals surface area contributed by atoms with Gasteiger partial charge in [0.1, 0.15) is 23.9 Å². The van der Waals surface area contributed by atoms with Crippen molar-refractivity contribution in [3.05, 3.63) is 58.9 Å². The van der Waals surface area contributed by atoms with Gasteiger partial charge in [0, 0.05) is 16.7 Å². The fraction of sp³-hybridized carbons (Fsp3) is 0.143. The summed E-state index contributed by atoms with van der Waals surface area (Å²) in [6.45, 7) is 0.149. The van der Waals surface area contributed by atoms with Crippen molar-refractivity contribution in [1.82, 2.24) is 0 Å². The zero-order valence-corrected chi connectivity index (χ0v) is 10.6. The van der Waals surface area contributed by atoms with Crippen LogP contribution in [0.5, 0.6) is 11.5 Å². The van der Waals surface area contributed by atoms with Gasteiger partial charge in [0.05, 0.1) is 7.11 Å². The second-order valence-electron chi connectivity index (χ2n) is 3.70. The van der Waals surface area contributed by atoms with Crippen LogP contribution in [0.15, 0.2) is 42.5 Å². The summed E-state index contributed by atoms with van der Waals surface area (Å²) in [5, 5.41) is 0.586.